The zero-order valence-corrected chi connectivity index (χ0v) is 22.8. The van der Waals surface area contributed by atoms with E-state index in [0.717, 1.165) is 22.8 Å². The minimum Gasteiger partial charge on any atom is -0.249 e. The standard InChI is InChI=1S/C29H37N5/c1-14-16(3)20(7)26(21(8)17(14)4)32-24(11)28-30-13-31-29(34-28)25(12)33-27-22(9)18(5)15(2)19(6)23(27)10/h13H,1-12H3. The minimum atomic E-state index is 0.568. The molecule has 0 unspecified atom stereocenters. The SMILES string of the molecule is CC(=Nc1c(C)c(C)c(C)c(C)c1C)c1ncnc(C(C)=Nc2c(C)c(C)c(C)c(C)c2C)n1. The minimum absolute atomic E-state index is 0.568. The topological polar surface area (TPSA) is 63.4 Å². The Balaban J connectivity index is 2.08. The summed E-state index contributed by atoms with van der Waals surface area (Å²) in [6, 6.07) is 0. The molecule has 0 bridgehead atoms. The van der Waals surface area contributed by atoms with Gasteiger partial charge in [-0.3, -0.25) is 0 Å². The van der Waals surface area contributed by atoms with Crippen molar-refractivity contribution in [2.24, 2.45) is 9.98 Å². The van der Waals surface area contributed by atoms with Crippen LogP contribution in [0.2, 0.25) is 0 Å². The number of aliphatic imine (C=N–C) groups is 2. The summed E-state index contributed by atoms with van der Waals surface area (Å²) in [5.74, 6) is 1.14. The number of hydrogen-bond donors (Lipinski definition) is 0. The van der Waals surface area contributed by atoms with Crippen LogP contribution in [0.1, 0.15) is 81.1 Å². The summed E-state index contributed by atoms with van der Waals surface area (Å²) < 4.78 is 0. The highest BCUT2D eigenvalue weighted by Crippen LogP contribution is 2.34. The lowest BCUT2D eigenvalue weighted by Crippen LogP contribution is -2.11. The molecule has 0 N–H and O–H groups in total. The molecular weight excluding hydrogens is 418 g/mol. The average Bonchev–Trinajstić information content (AvgIpc) is 2.84. The summed E-state index contributed by atoms with van der Waals surface area (Å²) in [6.07, 6.45) is 1.55. The quantitative estimate of drug-likeness (QED) is 0.390. The summed E-state index contributed by atoms with van der Waals surface area (Å²) in [4.78, 5) is 23.5. The van der Waals surface area contributed by atoms with Crippen LogP contribution in [-0.4, -0.2) is 26.4 Å². The van der Waals surface area contributed by atoms with Crippen LogP contribution in [-0.2, 0) is 0 Å². The van der Waals surface area contributed by atoms with Crippen molar-refractivity contribution in [3.63, 3.8) is 0 Å². The number of benzene rings is 2. The molecule has 0 aliphatic carbocycles. The molecule has 0 saturated carbocycles. The van der Waals surface area contributed by atoms with E-state index in [0.29, 0.717) is 11.6 Å². The van der Waals surface area contributed by atoms with Crippen LogP contribution in [0.15, 0.2) is 16.3 Å². The highest BCUT2D eigenvalue weighted by atomic mass is 15.0. The first-order valence-electron chi connectivity index (χ1n) is 11.8. The van der Waals surface area contributed by atoms with E-state index in [1.807, 2.05) is 13.8 Å². The summed E-state index contributed by atoms with van der Waals surface area (Å²) in [5.41, 5.74) is 16.1. The number of aromatic nitrogens is 3. The zero-order valence-electron chi connectivity index (χ0n) is 22.8. The van der Waals surface area contributed by atoms with Gasteiger partial charge in [-0.25, -0.2) is 24.9 Å². The zero-order chi connectivity index (χ0) is 25.5. The molecule has 0 saturated heterocycles. The molecule has 0 fully saturated rings. The fraction of sp³-hybridized carbons (Fsp3) is 0.414. The predicted octanol–water partition coefficient (Wildman–Crippen LogP) is 7.24. The second-order valence-electron chi connectivity index (χ2n) is 9.47. The first-order chi connectivity index (χ1) is 15.9. The van der Waals surface area contributed by atoms with Crippen molar-refractivity contribution < 1.29 is 0 Å². The summed E-state index contributed by atoms with van der Waals surface area (Å²) in [6.45, 7) is 25.4. The van der Waals surface area contributed by atoms with Gasteiger partial charge in [0.15, 0.2) is 11.6 Å². The van der Waals surface area contributed by atoms with Crippen LogP contribution < -0.4 is 0 Å². The van der Waals surface area contributed by atoms with E-state index in [1.54, 1.807) is 6.33 Å². The van der Waals surface area contributed by atoms with Crippen LogP contribution in [0.3, 0.4) is 0 Å². The van der Waals surface area contributed by atoms with Crippen molar-refractivity contribution in [3.05, 3.63) is 73.6 Å². The lowest BCUT2D eigenvalue weighted by Gasteiger charge is -2.16. The lowest BCUT2D eigenvalue weighted by atomic mass is 9.93. The first kappa shape index (κ1) is 25.4. The Bertz CT molecular complexity index is 1200. The molecule has 0 spiro atoms. The Morgan fingerprint density at radius 3 is 1.03 bits per heavy atom. The van der Waals surface area contributed by atoms with Crippen molar-refractivity contribution in [3.8, 4) is 0 Å². The summed E-state index contributed by atoms with van der Waals surface area (Å²) in [5, 5.41) is 0. The third-order valence-corrected chi connectivity index (χ3v) is 7.70. The molecule has 0 aliphatic rings. The first-order valence-corrected chi connectivity index (χ1v) is 11.8. The Morgan fingerprint density at radius 2 is 0.735 bits per heavy atom. The van der Waals surface area contributed by atoms with Crippen molar-refractivity contribution in [2.45, 2.75) is 83.1 Å². The molecule has 5 heteroatoms. The van der Waals surface area contributed by atoms with Crippen LogP contribution >= 0.6 is 0 Å². The third kappa shape index (κ3) is 4.44. The predicted molar refractivity (Wildman–Crippen MR) is 144 cm³/mol. The summed E-state index contributed by atoms with van der Waals surface area (Å²) >= 11 is 0. The third-order valence-electron chi connectivity index (χ3n) is 7.70. The van der Waals surface area contributed by atoms with E-state index in [9.17, 15) is 0 Å². The van der Waals surface area contributed by atoms with Crippen molar-refractivity contribution in [2.75, 3.05) is 0 Å². The van der Waals surface area contributed by atoms with Gasteiger partial charge in [0, 0.05) is 0 Å². The molecule has 1 heterocycles. The average molecular weight is 456 g/mol. The molecule has 3 aromatic rings. The van der Waals surface area contributed by atoms with E-state index in [4.69, 9.17) is 15.0 Å². The highest BCUT2D eigenvalue weighted by Gasteiger charge is 2.15. The van der Waals surface area contributed by atoms with Crippen LogP contribution in [0.5, 0.6) is 0 Å². The second kappa shape index (κ2) is 9.57. The molecule has 3 rings (SSSR count). The lowest BCUT2D eigenvalue weighted by molar-refractivity contribution is 0.999. The summed E-state index contributed by atoms with van der Waals surface area (Å²) in [7, 11) is 0. The van der Waals surface area contributed by atoms with Crippen molar-refractivity contribution >= 4 is 22.8 Å². The van der Waals surface area contributed by atoms with Crippen molar-refractivity contribution in [1.29, 1.82) is 0 Å². The molecule has 1 aromatic heterocycles. The molecule has 0 radical (unpaired) electrons. The molecule has 0 amide bonds. The van der Waals surface area contributed by atoms with E-state index < -0.39 is 0 Å². The van der Waals surface area contributed by atoms with E-state index in [2.05, 4.69) is 79.2 Å². The molecule has 0 aliphatic heterocycles. The maximum atomic E-state index is 4.96. The van der Waals surface area contributed by atoms with Gasteiger partial charge in [0.2, 0.25) is 0 Å². The Hall–Kier alpha value is -3.21. The van der Waals surface area contributed by atoms with E-state index >= 15 is 0 Å². The molecular formula is C29H37N5. The maximum Gasteiger partial charge on any atom is 0.177 e. The Morgan fingerprint density at radius 1 is 0.471 bits per heavy atom. The fourth-order valence-electron chi connectivity index (χ4n) is 4.38. The van der Waals surface area contributed by atoms with Crippen molar-refractivity contribution in [1.82, 2.24) is 15.0 Å². The molecule has 178 valence electrons. The number of hydrogen-bond acceptors (Lipinski definition) is 5. The van der Waals surface area contributed by atoms with E-state index in [-0.39, 0.29) is 0 Å². The van der Waals surface area contributed by atoms with Gasteiger partial charge in [0.25, 0.3) is 0 Å². The molecule has 0 atom stereocenters. The number of nitrogens with zero attached hydrogens (tertiary/aromatic N) is 5. The van der Waals surface area contributed by atoms with Crippen LogP contribution in [0.25, 0.3) is 0 Å². The molecule has 2 aromatic carbocycles. The smallest absolute Gasteiger partial charge is 0.177 e. The maximum absolute atomic E-state index is 4.96. The Labute approximate surface area is 204 Å². The van der Waals surface area contributed by atoms with Gasteiger partial charge in [0.05, 0.1) is 22.8 Å². The van der Waals surface area contributed by atoms with Gasteiger partial charge in [-0.15, -0.1) is 0 Å². The molecule has 34 heavy (non-hydrogen) atoms. The molecule has 5 nitrogen and oxygen atoms in total. The largest absolute Gasteiger partial charge is 0.249 e. The van der Waals surface area contributed by atoms with Gasteiger partial charge in [0.1, 0.15) is 6.33 Å². The van der Waals surface area contributed by atoms with Gasteiger partial charge >= 0.3 is 0 Å². The monoisotopic (exact) mass is 455 g/mol. The van der Waals surface area contributed by atoms with Gasteiger partial charge in [-0.05, 0) is 139 Å². The van der Waals surface area contributed by atoms with Gasteiger partial charge in [-0.1, -0.05) is 0 Å². The van der Waals surface area contributed by atoms with Crippen LogP contribution in [0.4, 0.5) is 11.4 Å². The number of rotatable bonds is 4. The van der Waals surface area contributed by atoms with Crippen LogP contribution in [0, 0.1) is 69.2 Å². The van der Waals surface area contributed by atoms with E-state index in [1.165, 1.54) is 55.6 Å². The second-order valence-corrected chi connectivity index (χ2v) is 9.47. The fourth-order valence-corrected chi connectivity index (χ4v) is 4.38. The highest BCUT2D eigenvalue weighted by molar-refractivity contribution is 6.00. The Kier molecular flexibility index (Phi) is 7.15. The van der Waals surface area contributed by atoms with Gasteiger partial charge in [-0.2, -0.15) is 0 Å². The van der Waals surface area contributed by atoms with Gasteiger partial charge < -0.3 is 0 Å². The normalized spacial score (nSPS) is 12.5.